The maximum absolute atomic E-state index is 11.1. The van der Waals surface area contributed by atoms with Crippen LogP contribution in [0, 0.1) is 0 Å². The molecule has 2 N–H and O–H groups in total. The van der Waals surface area contributed by atoms with E-state index in [9.17, 15) is 4.79 Å². The van der Waals surface area contributed by atoms with Gasteiger partial charge in [-0.2, -0.15) is 0 Å². The number of carbonyl (C=O) groups excluding carboxylic acids is 1. The molecule has 1 atom stereocenters. The molecule has 1 rings (SSSR count). The Labute approximate surface area is 185 Å². The summed E-state index contributed by atoms with van der Waals surface area (Å²) in [6, 6.07) is 7.58. The number of hydrogen-bond acceptors (Lipinski definition) is 5. The molecule has 0 amide bonds. The number of halogens is 1. The maximum atomic E-state index is 11.1. The summed E-state index contributed by atoms with van der Waals surface area (Å²) in [5.74, 6) is 2.04. The molecule has 1 unspecified atom stereocenters. The van der Waals surface area contributed by atoms with Crippen molar-refractivity contribution in [3.05, 3.63) is 24.3 Å². The molecule has 0 saturated heterocycles. The zero-order valence-corrected chi connectivity index (χ0v) is 19.7. The van der Waals surface area contributed by atoms with Crippen LogP contribution in [0.2, 0.25) is 0 Å². The monoisotopic (exact) mass is 507 g/mol. The van der Waals surface area contributed by atoms with Gasteiger partial charge in [0.1, 0.15) is 6.10 Å². The molecule has 8 heteroatoms. The number of rotatable bonds is 12. The van der Waals surface area contributed by atoms with Gasteiger partial charge in [-0.1, -0.05) is 18.6 Å². The van der Waals surface area contributed by atoms with Crippen molar-refractivity contribution in [1.29, 1.82) is 0 Å². The molecule has 0 bridgehead atoms. The Balaban J connectivity index is 0.00000729. The summed E-state index contributed by atoms with van der Waals surface area (Å²) in [5, 5.41) is 6.53. The molecule has 0 radical (unpaired) electrons. The lowest BCUT2D eigenvalue weighted by Gasteiger charge is -2.16. The van der Waals surface area contributed by atoms with Crippen LogP contribution in [0.4, 0.5) is 0 Å². The molecule has 28 heavy (non-hydrogen) atoms. The van der Waals surface area contributed by atoms with Gasteiger partial charge in [0, 0.05) is 19.5 Å². The van der Waals surface area contributed by atoms with Crippen LogP contribution in [0.25, 0.3) is 0 Å². The average molecular weight is 507 g/mol. The van der Waals surface area contributed by atoms with Crippen LogP contribution >= 0.6 is 24.0 Å². The van der Waals surface area contributed by atoms with Crippen molar-refractivity contribution in [2.75, 3.05) is 33.9 Å². The van der Waals surface area contributed by atoms with Crippen molar-refractivity contribution in [3.63, 3.8) is 0 Å². The second-order valence-electron chi connectivity index (χ2n) is 6.11. The highest BCUT2D eigenvalue weighted by Gasteiger charge is 2.08. The largest absolute Gasteiger partial charge is 0.493 e. The van der Waals surface area contributed by atoms with Gasteiger partial charge < -0.3 is 24.8 Å². The summed E-state index contributed by atoms with van der Waals surface area (Å²) in [6.45, 7) is 6.12. The minimum Gasteiger partial charge on any atom is -0.493 e. The molecule has 0 aliphatic carbocycles. The molecule has 7 nitrogen and oxygen atoms in total. The van der Waals surface area contributed by atoms with Crippen molar-refractivity contribution in [2.45, 2.75) is 45.6 Å². The Kier molecular flexibility index (Phi) is 15.3. The average Bonchev–Trinajstić information content (AvgIpc) is 2.68. The van der Waals surface area contributed by atoms with Crippen LogP contribution in [0.3, 0.4) is 0 Å². The number of para-hydroxylation sites is 2. The van der Waals surface area contributed by atoms with Crippen molar-refractivity contribution in [3.8, 4) is 11.5 Å². The minimum atomic E-state index is -0.151. The Morgan fingerprint density at radius 3 is 2.46 bits per heavy atom. The predicted molar refractivity (Wildman–Crippen MR) is 123 cm³/mol. The Hall–Kier alpha value is -1.71. The number of nitrogens with zero attached hydrogens (tertiary/aromatic N) is 1. The molecule has 0 aliphatic rings. The molecule has 1 aromatic rings. The highest BCUT2D eigenvalue weighted by atomic mass is 127. The van der Waals surface area contributed by atoms with Crippen LogP contribution < -0.4 is 20.1 Å². The molecule has 0 aliphatic heterocycles. The number of nitrogens with one attached hydrogen (secondary N) is 2. The first-order valence-corrected chi connectivity index (χ1v) is 9.49. The second kappa shape index (κ2) is 16.3. The van der Waals surface area contributed by atoms with Gasteiger partial charge in [0.25, 0.3) is 0 Å². The van der Waals surface area contributed by atoms with E-state index in [0.29, 0.717) is 24.5 Å². The van der Waals surface area contributed by atoms with Crippen LogP contribution in [-0.4, -0.2) is 51.9 Å². The van der Waals surface area contributed by atoms with Crippen LogP contribution in [0.15, 0.2) is 29.3 Å². The SMILES string of the molecule is CCNC(=NCC(C)Oc1ccccc1OC)NCCCCCC(=O)OC.I. The number of methoxy groups -OCH3 is 2. The van der Waals surface area contributed by atoms with E-state index in [-0.39, 0.29) is 36.0 Å². The summed E-state index contributed by atoms with van der Waals surface area (Å²) < 4.78 is 15.9. The van der Waals surface area contributed by atoms with Crippen molar-refractivity contribution < 1.29 is 19.0 Å². The van der Waals surface area contributed by atoms with Gasteiger partial charge in [0.15, 0.2) is 17.5 Å². The van der Waals surface area contributed by atoms with Gasteiger partial charge in [0.05, 0.1) is 20.8 Å². The van der Waals surface area contributed by atoms with E-state index >= 15 is 0 Å². The third kappa shape index (κ3) is 11.2. The standard InChI is InChI=1S/C20H33N3O4.HI/c1-5-21-20(22-14-10-6-7-13-19(24)26-4)23-15-16(2)27-18-12-9-8-11-17(18)25-3;/h8-9,11-12,16H,5-7,10,13-15H2,1-4H3,(H2,21,22,23);1H. The molecule has 0 saturated carbocycles. The zero-order valence-electron chi connectivity index (χ0n) is 17.3. The number of aliphatic imine (C=N–C) groups is 1. The summed E-state index contributed by atoms with van der Waals surface area (Å²) >= 11 is 0. The quantitative estimate of drug-likeness (QED) is 0.149. The van der Waals surface area contributed by atoms with Gasteiger partial charge in [0.2, 0.25) is 0 Å². The van der Waals surface area contributed by atoms with E-state index < -0.39 is 0 Å². The Bertz CT molecular complexity index is 584. The van der Waals surface area contributed by atoms with Gasteiger partial charge in [-0.25, -0.2) is 4.99 Å². The van der Waals surface area contributed by atoms with Crippen molar-refractivity contribution >= 4 is 35.9 Å². The van der Waals surface area contributed by atoms with Gasteiger partial charge in [-0.3, -0.25) is 4.79 Å². The topological polar surface area (TPSA) is 81.2 Å². The molecule has 0 fully saturated rings. The number of hydrogen-bond donors (Lipinski definition) is 2. The van der Waals surface area contributed by atoms with E-state index in [0.717, 1.165) is 38.3 Å². The Morgan fingerprint density at radius 1 is 1.11 bits per heavy atom. The summed E-state index contributed by atoms with van der Waals surface area (Å²) in [6.07, 6.45) is 3.16. The number of carbonyl (C=O) groups is 1. The third-order valence-electron chi connectivity index (χ3n) is 3.83. The fourth-order valence-electron chi connectivity index (χ4n) is 2.41. The maximum Gasteiger partial charge on any atom is 0.305 e. The van der Waals surface area contributed by atoms with Crippen molar-refractivity contribution in [1.82, 2.24) is 10.6 Å². The first-order chi connectivity index (χ1) is 13.1. The highest BCUT2D eigenvalue weighted by Crippen LogP contribution is 2.26. The van der Waals surface area contributed by atoms with E-state index in [2.05, 4.69) is 20.4 Å². The van der Waals surface area contributed by atoms with Crippen molar-refractivity contribution in [2.24, 2.45) is 4.99 Å². The molecule has 1 aromatic carbocycles. The van der Waals surface area contributed by atoms with Gasteiger partial charge >= 0.3 is 5.97 Å². The second-order valence-corrected chi connectivity index (χ2v) is 6.11. The molecular weight excluding hydrogens is 473 g/mol. The van der Waals surface area contributed by atoms with Crippen LogP contribution in [0.5, 0.6) is 11.5 Å². The van der Waals surface area contributed by atoms with Crippen LogP contribution in [0.1, 0.15) is 39.5 Å². The number of benzene rings is 1. The lowest BCUT2D eigenvalue weighted by Crippen LogP contribution is -2.38. The molecule has 0 aromatic heterocycles. The number of unbranched alkanes of at least 4 members (excludes halogenated alkanes) is 2. The molecular formula is C20H34IN3O4. The van der Waals surface area contributed by atoms with E-state index in [1.165, 1.54) is 7.11 Å². The number of ether oxygens (including phenoxy) is 3. The smallest absolute Gasteiger partial charge is 0.305 e. The zero-order chi connectivity index (χ0) is 19.9. The van der Waals surface area contributed by atoms with Gasteiger partial charge in [-0.15, -0.1) is 24.0 Å². The van der Waals surface area contributed by atoms with Gasteiger partial charge in [-0.05, 0) is 38.8 Å². The third-order valence-corrected chi connectivity index (χ3v) is 3.83. The van der Waals surface area contributed by atoms with E-state index in [4.69, 9.17) is 9.47 Å². The van der Waals surface area contributed by atoms with E-state index in [1.54, 1.807) is 7.11 Å². The van der Waals surface area contributed by atoms with E-state index in [1.807, 2.05) is 38.1 Å². The number of guanidine groups is 1. The first kappa shape index (κ1) is 26.3. The molecule has 0 spiro atoms. The normalized spacial score (nSPS) is 11.8. The lowest BCUT2D eigenvalue weighted by molar-refractivity contribution is -0.140. The van der Waals surface area contributed by atoms with Crippen LogP contribution in [-0.2, 0) is 9.53 Å². The number of esters is 1. The minimum absolute atomic E-state index is 0. The summed E-state index contributed by atoms with van der Waals surface area (Å²) in [5.41, 5.74) is 0. The summed E-state index contributed by atoms with van der Waals surface area (Å²) in [7, 11) is 3.05. The fourth-order valence-corrected chi connectivity index (χ4v) is 2.41. The molecule has 0 heterocycles. The lowest BCUT2D eigenvalue weighted by atomic mass is 10.2. The Morgan fingerprint density at radius 2 is 1.82 bits per heavy atom. The fraction of sp³-hybridized carbons (Fsp3) is 0.600. The first-order valence-electron chi connectivity index (χ1n) is 9.49. The highest BCUT2D eigenvalue weighted by molar-refractivity contribution is 14.0. The summed E-state index contributed by atoms with van der Waals surface area (Å²) in [4.78, 5) is 15.7. The predicted octanol–water partition coefficient (Wildman–Crippen LogP) is 3.37. The molecule has 160 valence electrons.